The first-order valence-electron chi connectivity index (χ1n) is 8.40. The third kappa shape index (κ3) is 5.64. The van der Waals surface area contributed by atoms with Gasteiger partial charge in [-0.2, -0.15) is 0 Å². The van der Waals surface area contributed by atoms with E-state index in [9.17, 15) is 14.7 Å². The monoisotopic (exact) mass is 341 g/mol. The van der Waals surface area contributed by atoms with Crippen molar-refractivity contribution in [1.82, 2.24) is 5.32 Å². The maximum absolute atomic E-state index is 12.2. The highest BCUT2D eigenvalue weighted by Crippen LogP contribution is 2.16. The molecule has 0 aliphatic heterocycles. The fraction of sp³-hybridized carbons (Fsp3) is 0.300. The zero-order valence-electron chi connectivity index (χ0n) is 14.3. The fourth-order valence-corrected chi connectivity index (χ4v) is 2.37. The van der Waals surface area contributed by atoms with Gasteiger partial charge in [0, 0.05) is 12.1 Å². The van der Waals surface area contributed by atoms with E-state index in [0.29, 0.717) is 17.7 Å². The summed E-state index contributed by atoms with van der Waals surface area (Å²) < 4.78 is 5.56. The molecule has 132 valence electrons. The van der Waals surface area contributed by atoms with Crippen LogP contribution in [0, 0.1) is 0 Å². The number of carbonyl (C=O) groups excluding carboxylic acids is 1. The molecule has 5 heteroatoms. The minimum atomic E-state index is -0.967. The molecule has 0 saturated heterocycles. The predicted octanol–water partition coefficient (Wildman–Crippen LogP) is 3.46. The molecule has 0 aliphatic rings. The summed E-state index contributed by atoms with van der Waals surface area (Å²) in [6.07, 6.45) is 2.05. The summed E-state index contributed by atoms with van der Waals surface area (Å²) in [4.78, 5) is 23.7. The van der Waals surface area contributed by atoms with Gasteiger partial charge in [-0.15, -0.1) is 0 Å². The second-order valence-corrected chi connectivity index (χ2v) is 5.74. The molecule has 0 spiro atoms. The maximum atomic E-state index is 12.2. The molecular weight excluding hydrogens is 318 g/mol. The second-order valence-electron chi connectivity index (χ2n) is 5.74. The van der Waals surface area contributed by atoms with E-state index in [1.54, 1.807) is 48.5 Å². The lowest BCUT2D eigenvalue weighted by Crippen LogP contribution is -2.31. The molecule has 1 unspecified atom stereocenters. The molecule has 0 heterocycles. The van der Waals surface area contributed by atoms with Crippen molar-refractivity contribution in [1.29, 1.82) is 0 Å². The number of carboxylic acids is 1. The number of ether oxygens (including phenoxy) is 1. The van der Waals surface area contributed by atoms with E-state index < -0.39 is 11.9 Å². The Labute approximate surface area is 147 Å². The smallest absolute Gasteiger partial charge is 0.312 e. The molecule has 5 nitrogen and oxygen atoms in total. The molecule has 25 heavy (non-hydrogen) atoms. The van der Waals surface area contributed by atoms with Crippen LogP contribution in [-0.4, -0.2) is 30.1 Å². The van der Waals surface area contributed by atoms with Crippen molar-refractivity contribution in [2.75, 3.05) is 13.2 Å². The van der Waals surface area contributed by atoms with Crippen LogP contribution in [0.2, 0.25) is 0 Å². The van der Waals surface area contributed by atoms with E-state index in [1.807, 2.05) is 6.07 Å². The van der Waals surface area contributed by atoms with Crippen LogP contribution < -0.4 is 10.1 Å². The van der Waals surface area contributed by atoms with E-state index in [4.69, 9.17) is 4.74 Å². The van der Waals surface area contributed by atoms with Crippen LogP contribution in [-0.2, 0) is 4.79 Å². The Morgan fingerprint density at radius 1 is 1.08 bits per heavy atom. The van der Waals surface area contributed by atoms with Crippen LogP contribution in [0.3, 0.4) is 0 Å². The number of benzene rings is 2. The van der Waals surface area contributed by atoms with Crippen molar-refractivity contribution in [2.45, 2.75) is 25.7 Å². The van der Waals surface area contributed by atoms with Gasteiger partial charge in [0.2, 0.25) is 0 Å². The topological polar surface area (TPSA) is 75.6 Å². The molecule has 0 aliphatic carbocycles. The van der Waals surface area contributed by atoms with Gasteiger partial charge in [0.15, 0.2) is 0 Å². The summed E-state index contributed by atoms with van der Waals surface area (Å²) in [5, 5.41) is 12.1. The van der Waals surface area contributed by atoms with Crippen LogP contribution >= 0.6 is 0 Å². The molecule has 2 rings (SSSR count). The number of nitrogens with one attached hydrogen (secondary N) is 1. The largest absolute Gasteiger partial charge is 0.494 e. The van der Waals surface area contributed by atoms with Gasteiger partial charge in [-0.25, -0.2) is 0 Å². The minimum Gasteiger partial charge on any atom is -0.494 e. The lowest BCUT2D eigenvalue weighted by Gasteiger charge is -2.14. The summed E-state index contributed by atoms with van der Waals surface area (Å²) in [7, 11) is 0. The first-order chi connectivity index (χ1) is 12.1. The number of carboxylic acid groups (broad SMARTS) is 1. The predicted molar refractivity (Wildman–Crippen MR) is 96.0 cm³/mol. The Kier molecular flexibility index (Phi) is 7.01. The average molecular weight is 341 g/mol. The van der Waals surface area contributed by atoms with Crippen LogP contribution in [0.4, 0.5) is 0 Å². The van der Waals surface area contributed by atoms with Crippen molar-refractivity contribution in [3.05, 3.63) is 65.7 Å². The molecule has 0 saturated carbocycles. The Morgan fingerprint density at radius 3 is 2.36 bits per heavy atom. The Balaban J connectivity index is 1.93. The third-order valence-corrected chi connectivity index (χ3v) is 3.85. The minimum absolute atomic E-state index is 0.0347. The molecule has 0 aromatic heterocycles. The Bertz CT molecular complexity index is 683. The number of hydrogen-bond donors (Lipinski definition) is 2. The molecule has 0 radical (unpaired) electrons. The van der Waals surface area contributed by atoms with Gasteiger partial charge in [-0.1, -0.05) is 43.7 Å². The summed E-state index contributed by atoms with van der Waals surface area (Å²) in [5.74, 6) is -1.33. The highest BCUT2D eigenvalue weighted by molar-refractivity contribution is 5.94. The number of hydrogen-bond acceptors (Lipinski definition) is 3. The van der Waals surface area contributed by atoms with E-state index in [1.165, 1.54) is 0 Å². The first kappa shape index (κ1) is 18.5. The molecule has 2 aromatic carbocycles. The van der Waals surface area contributed by atoms with Gasteiger partial charge in [0.25, 0.3) is 5.91 Å². The van der Waals surface area contributed by atoms with Gasteiger partial charge in [0.1, 0.15) is 5.75 Å². The lowest BCUT2D eigenvalue weighted by atomic mass is 9.99. The number of amides is 1. The van der Waals surface area contributed by atoms with Gasteiger partial charge in [-0.05, 0) is 36.2 Å². The summed E-state index contributed by atoms with van der Waals surface area (Å²) >= 11 is 0. The maximum Gasteiger partial charge on any atom is 0.312 e. The third-order valence-electron chi connectivity index (χ3n) is 3.85. The molecule has 2 N–H and O–H groups in total. The molecule has 1 amide bonds. The SMILES string of the molecule is CCCCOc1ccc(C(=O)NCC(C(=O)O)c2ccccc2)cc1. The van der Waals surface area contributed by atoms with Gasteiger partial charge in [0.05, 0.1) is 12.5 Å². The van der Waals surface area contributed by atoms with Crippen LogP contribution in [0.5, 0.6) is 5.75 Å². The molecular formula is C20H23NO4. The Morgan fingerprint density at radius 2 is 1.76 bits per heavy atom. The van der Waals surface area contributed by atoms with Crippen molar-refractivity contribution >= 4 is 11.9 Å². The average Bonchev–Trinajstić information content (AvgIpc) is 2.63. The highest BCUT2D eigenvalue weighted by atomic mass is 16.5. The zero-order valence-corrected chi connectivity index (χ0v) is 14.3. The summed E-state index contributed by atoms with van der Waals surface area (Å²) in [6, 6.07) is 15.7. The van der Waals surface area contributed by atoms with Gasteiger partial charge < -0.3 is 15.2 Å². The van der Waals surface area contributed by atoms with Gasteiger partial charge >= 0.3 is 5.97 Å². The van der Waals surface area contributed by atoms with Crippen molar-refractivity contribution < 1.29 is 19.4 Å². The summed E-state index contributed by atoms with van der Waals surface area (Å²) in [6.45, 7) is 2.78. The van der Waals surface area contributed by atoms with E-state index in [2.05, 4.69) is 12.2 Å². The fourth-order valence-electron chi connectivity index (χ4n) is 2.37. The summed E-state index contributed by atoms with van der Waals surface area (Å²) in [5.41, 5.74) is 1.13. The molecule has 0 bridgehead atoms. The molecule has 0 fully saturated rings. The highest BCUT2D eigenvalue weighted by Gasteiger charge is 2.20. The standard InChI is InChI=1S/C20H23NO4/c1-2-3-13-25-17-11-9-16(10-12-17)19(22)21-14-18(20(23)24)15-7-5-4-6-8-15/h4-12,18H,2-3,13-14H2,1H3,(H,21,22)(H,23,24). The quantitative estimate of drug-likeness (QED) is 0.685. The van der Waals surface area contributed by atoms with Crippen LogP contribution in [0.15, 0.2) is 54.6 Å². The van der Waals surface area contributed by atoms with E-state index in [0.717, 1.165) is 18.6 Å². The second kappa shape index (κ2) is 9.47. The normalized spacial score (nSPS) is 11.6. The number of unbranched alkanes of at least 4 members (excludes halogenated alkanes) is 1. The van der Waals surface area contributed by atoms with E-state index >= 15 is 0 Å². The van der Waals surface area contributed by atoms with Crippen molar-refractivity contribution in [2.24, 2.45) is 0 Å². The Hall–Kier alpha value is -2.82. The molecule has 2 aromatic rings. The van der Waals surface area contributed by atoms with Crippen molar-refractivity contribution in [3.63, 3.8) is 0 Å². The lowest BCUT2D eigenvalue weighted by molar-refractivity contribution is -0.138. The van der Waals surface area contributed by atoms with Crippen LogP contribution in [0.1, 0.15) is 41.6 Å². The van der Waals surface area contributed by atoms with Gasteiger partial charge in [-0.3, -0.25) is 9.59 Å². The number of carbonyl (C=O) groups is 2. The first-order valence-corrected chi connectivity index (χ1v) is 8.40. The van der Waals surface area contributed by atoms with Crippen LogP contribution in [0.25, 0.3) is 0 Å². The zero-order chi connectivity index (χ0) is 18.1. The molecule has 1 atom stereocenters. The number of rotatable bonds is 9. The number of aliphatic carboxylic acids is 1. The van der Waals surface area contributed by atoms with E-state index in [-0.39, 0.29) is 12.5 Å². The van der Waals surface area contributed by atoms with Crippen molar-refractivity contribution in [3.8, 4) is 5.75 Å².